The van der Waals surface area contributed by atoms with E-state index < -0.39 is 0 Å². The summed E-state index contributed by atoms with van der Waals surface area (Å²) in [6.07, 6.45) is 22.1. The van der Waals surface area contributed by atoms with Crippen molar-refractivity contribution in [3.63, 3.8) is 0 Å². The normalized spacial score (nSPS) is 12.7. The van der Waals surface area contributed by atoms with Crippen molar-refractivity contribution in [2.45, 2.75) is 123 Å². The molecule has 0 spiro atoms. The van der Waals surface area contributed by atoms with Crippen molar-refractivity contribution in [3.8, 4) is 0 Å². The van der Waals surface area contributed by atoms with E-state index in [-0.39, 0.29) is 24.6 Å². The minimum Gasteiger partial charge on any atom is -0.443 e. The molecule has 0 radical (unpaired) electrons. The number of hydrogen-bond donors (Lipinski definition) is 0. The molecule has 4 heteroatoms. The van der Waals surface area contributed by atoms with Crippen LogP contribution >= 0.6 is 12.4 Å². The molecule has 1 atom stereocenters. The van der Waals surface area contributed by atoms with Gasteiger partial charge in [0.25, 0.3) is 0 Å². The molecule has 3 nitrogen and oxygen atoms in total. The molecule has 0 aliphatic heterocycles. The first kappa shape index (κ1) is 29.7. The molecule has 168 valence electrons. The number of nitrogens with zero attached hydrogens (tertiary/aromatic N) is 1. The highest BCUT2D eigenvalue weighted by molar-refractivity contribution is 5.87. The molecular weight excluding hydrogens is 370 g/mol. The molecule has 0 amide bonds. The van der Waals surface area contributed by atoms with Gasteiger partial charge in [-0.25, -0.2) is 4.79 Å². The highest BCUT2D eigenvalue weighted by atomic mass is 35.5. The van der Waals surface area contributed by atoms with E-state index in [0.717, 1.165) is 12.0 Å². The van der Waals surface area contributed by atoms with Gasteiger partial charge in [0.2, 0.25) is 0 Å². The van der Waals surface area contributed by atoms with Gasteiger partial charge in [-0.3, -0.25) is 4.90 Å². The Hall–Kier alpha value is -0.540. The molecule has 0 aliphatic carbocycles. The molecule has 0 aliphatic rings. The Morgan fingerprint density at radius 3 is 1.61 bits per heavy atom. The second-order valence-corrected chi connectivity index (χ2v) is 8.24. The Balaban J connectivity index is 0. The predicted molar refractivity (Wildman–Crippen MR) is 125 cm³/mol. The van der Waals surface area contributed by atoms with Crippen LogP contribution in [0.25, 0.3) is 0 Å². The quantitative estimate of drug-likeness (QED) is 0.0990. The second kappa shape index (κ2) is 21.2. The van der Waals surface area contributed by atoms with E-state index in [9.17, 15) is 4.79 Å². The first-order valence-corrected chi connectivity index (χ1v) is 11.5. The summed E-state index contributed by atoms with van der Waals surface area (Å²) in [5, 5.41) is 0. The SMILES string of the molecule is CCCCCCCCCCCCCCCCC=C(C)C(=O)OC(C)N(C)C.Cl. The summed E-state index contributed by atoms with van der Waals surface area (Å²) in [5.41, 5.74) is 0.735. The molecule has 0 aromatic carbocycles. The van der Waals surface area contributed by atoms with Crippen LogP contribution in [0.15, 0.2) is 11.6 Å². The van der Waals surface area contributed by atoms with Gasteiger partial charge < -0.3 is 4.74 Å². The summed E-state index contributed by atoms with van der Waals surface area (Å²) in [7, 11) is 3.82. The summed E-state index contributed by atoms with van der Waals surface area (Å²) in [6, 6.07) is 0. The molecule has 28 heavy (non-hydrogen) atoms. The van der Waals surface area contributed by atoms with Crippen molar-refractivity contribution < 1.29 is 9.53 Å². The fourth-order valence-corrected chi connectivity index (χ4v) is 3.09. The van der Waals surface area contributed by atoms with Gasteiger partial charge in [0.1, 0.15) is 0 Å². The molecule has 1 unspecified atom stereocenters. The molecule has 0 fully saturated rings. The van der Waals surface area contributed by atoms with Crippen LogP contribution in [0.2, 0.25) is 0 Å². The zero-order valence-electron chi connectivity index (χ0n) is 19.4. The van der Waals surface area contributed by atoms with Crippen LogP contribution < -0.4 is 0 Å². The lowest BCUT2D eigenvalue weighted by atomic mass is 10.0. The maximum absolute atomic E-state index is 11.9. The van der Waals surface area contributed by atoms with Crippen LogP contribution in [0.3, 0.4) is 0 Å². The topological polar surface area (TPSA) is 29.5 Å². The summed E-state index contributed by atoms with van der Waals surface area (Å²) in [5.74, 6) is -0.193. The van der Waals surface area contributed by atoms with Crippen LogP contribution in [0, 0.1) is 0 Å². The number of unbranched alkanes of at least 4 members (excludes halogenated alkanes) is 14. The van der Waals surface area contributed by atoms with Gasteiger partial charge >= 0.3 is 5.97 Å². The molecule has 0 saturated heterocycles. The first-order chi connectivity index (χ1) is 13.0. The van der Waals surface area contributed by atoms with E-state index in [2.05, 4.69) is 6.92 Å². The van der Waals surface area contributed by atoms with Crippen molar-refractivity contribution in [1.29, 1.82) is 0 Å². The average Bonchev–Trinajstić information content (AvgIpc) is 2.64. The van der Waals surface area contributed by atoms with Crippen LogP contribution in [0.5, 0.6) is 0 Å². The second-order valence-electron chi connectivity index (χ2n) is 8.24. The number of halogens is 1. The number of allylic oxidation sites excluding steroid dienone is 1. The third kappa shape index (κ3) is 18.8. The van der Waals surface area contributed by atoms with E-state index in [0.29, 0.717) is 0 Å². The van der Waals surface area contributed by atoms with Gasteiger partial charge in [-0.15, -0.1) is 12.4 Å². The van der Waals surface area contributed by atoms with Gasteiger partial charge in [-0.1, -0.05) is 96.5 Å². The molecule has 0 rings (SSSR count). The van der Waals surface area contributed by atoms with E-state index in [4.69, 9.17) is 4.74 Å². The highest BCUT2D eigenvalue weighted by Crippen LogP contribution is 2.14. The largest absolute Gasteiger partial charge is 0.443 e. The maximum atomic E-state index is 11.9. The third-order valence-electron chi connectivity index (χ3n) is 5.33. The fourth-order valence-electron chi connectivity index (χ4n) is 3.09. The lowest BCUT2D eigenvalue weighted by molar-refractivity contribution is -0.150. The van der Waals surface area contributed by atoms with Crippen molar-refractivity contribution >= 4 is 18.4 Å². The number of carbonyl (C=O) groups is 1. The van der Waals surface area contributed by atoms with Gasteiger partial charge in [0.05, 0.1) is 0 Å². The Bertz CT molecular complexity index is 383. The Morgan fingerprint density at radius 2 is 1.21 bits per heavy atom. The van der Waals surface area contributed by atoms with Gasteiger partial charge in [-0.05, 0) is 40.8 Å². The standard InChI is InChI=1S/C24H47NO2.ClH/c1-6-7-8-9-10-11-12-13-14-15-16-17-18-19-20-21-22(2)24(26)27-23(3)25(4)5;/h21,23H,6-20H2,1-5H3;1H. The van der Waals surface area contributed by atoms with Crippen molar-refractivity contribution in [1.82, 2.24) is 4.90 Å². The molecule has 0 bridgehead atoms. The fraction of sp³-hybridized carbons (Fsp3) is 0.875. The lowest BCUT2D eigenvalue weighted by Gasteiger charge is -2.19. The van der Waals surface area contributed by atoms with Crippen molar-refractivity contribution in [3.05, 3.63) is 11.6 Å². The predicted octanol–water partition coefficient (Wildman–Crippen LogP) is 7.68. The number of carbonyl (C=O) groups excluding carboxylic acids is 1. The minimum atomic E-state index is -0.193. The number of hydrogen-bond acceptors (Lipinski definition) is 3. The van der Waals surface area contributed by atoms with Crippen LogP contribution in [0.1, 0.15) is 117 Å². The van der Waals surface area contributed by atoms with Crippen LogP contribution in [0.4, 0.5) is 0 Å². The zero-order chi connectivity index (χ0) is 20.3. The average molecular weight is 418 g/mol. The Morgan fingerprint density at radius 1 is 0.821 bits per heavy atom. The lowest BCUT2D eigenvalue weighted by Crippen LogP contribution is -2.30. The molecule has 0 N–H and O–H groups in total. The van der Waals surface area contributed by atoms with Gasteiger partial charge in [0, 0.05) is 5.57 Å². The van der Waals surface area contributed by atoms with E-state index in [1.54, 1.807) is 0 Å². The number of rotatable bonds is 18. The smallest absolute Gasteiger partial charge is 0.334 e. The van der Waals surface area contributed by atoms with Crippen molar-refractivity contribution in [2.24, 2.45) is 0 Å². The van der Waals surface area contributed by atoms with Gasteiger partial charge in [-0.2, -0.15) is 0 Å². The van der Waals surface area contributed by atoms with E-state index in [1.165, 1.54) is 89.9 Å². The molecule has 0 aromatic heterocycles. The monoisotopic (exact) mass is 417 g/mol. The van der Waals surface area contributed by atoms with Crippen LogP contribution in [-0.2, 0) is 9.53 Å². The minimum absolute atomic E-state index is 0. The summed E-state index contributed by atoms with van der Waals surface area (Å²) in [4.78, 5) is 13.8. The van der Waals surface area contributed by atoms with Gasteiger partial charge in [0.15, 0.2) is 6.23 Å². The first-order valence-electron chi connectivity index (χ1n) is 11.5. The van der Waals surface area contributed by atoms with Crippen molar-refractivity contribution in [2.75, 3.05) is 14.1 Å². The zero-order valence-corrected chi connectivity index (χ0v) is 20.2. The Kier molecular flexibility index (Phi) is 22.4. The molecule has 0 saturated carbocycles. The molecular formula is C24H48ClNO2. The molecule has 0 aromatic rings. The molecule has 0 heterocycles. The summed E-state index contributed by atoms with van der Waals surface area (Å²) < 4.78 is 5.37. The summed E-state index contributed by atoms with van der Waals surface area (Å²) in [6.45, 7) is 6.02. The number of ether oxygens (including phenoxy) is 1. The third-order valence-corrected chi connectivity index (χ3v) is 5.33. The summed E-state index contributed by atoms with van der Waals surface area (Å²) >= 11 is 0. The Labute approximate surface area is 182 Å². The van der Waals surface area contributed by atoms with Crippen LogP contribution in [-0.4, -0.2) is 31.2 Å². The number of esters is 1. The van der Waals surface area contributed by atoms with E-state index >= 15 is 0 Å². The van der Waals surface area contributed by atoms with E-state index in [1.807, 2.05) is 38.9 Å². The highest BCUT2D eigenvalue weighted by Gasteiger charge is 2.12. The maximum Gasteiger partial charge on any atom is 0.334 e.